The highest BCUT2D eigenvalue weighted by molar-refractivity contribution is 5.98. The van der Waals surface area contributed by atoms with Gasteiger partial charge in [-0.05, 0) is 36.3 Å². The summed E-state index contributed by atoms with van der Waals surface area (Å²) < 4.78 is 2.02. The number of nitrogens with zero attached hydrogens (tertiary/aromatic N) is 3. The van der Waals surface area contributed by atoms with Crippen molar-refractivity contribution in [2.75, 3.05) is 13.1 Å². The SMILES string of the molecule is O=C(CC1(CN2Cc3ccccc3C2=O)CCCCC1)NCCCn1ccnc1. The lowest BCUT2D eigenvalue weighted by atomic mass is 9.71. The van der Waals surface area contributed by atoms with Crippen LogP contribution in [0.1, 0.15) is 60.9 Å². The number of amides is 2. The number of aryl methyl sites for hydroxylation is 1. The number of carbonyl (C=O) groups is 2. The maximum Gasteiger partial charge on any atom is 0.254 e. The third-order valence-corrected chi connectivity index (χ3v) is 6.35. The van der Waals surface area contributed by atoms with Gasteiger partial charge in [0.2, 0.25) is 5.91 Å². The van der Waals surface area contributed by atoms with Crippen molar-refractivity contribution in [2.45, 2.75) is 58.0 Å². The topological polar surface area (TPSA) is 67.2 Å². The number of hydrogen-bond acceptors (Lipinski definition) is 3. The average molecular weight is 395 g/mol. The van der Waals surface area contributed by atoms with Crippen molar-refractivity contribution in [1.82, 2.24) is 19.8 Å². The Hall–Kier alpha value is -2.63. The number of benzene rings is 1. The number of carbonyl (C=O) groups excluding carboxylic acids is 2. The van der Waals surface area contributed by atoms with E-state index in [4.69, 9.17) is 0 Å². The molecule has 1 N–H and O–H groups in total. The molecule has 0 unspecified atom stereocenters. The predicted octanol–water partition coefficient (Wildman–Crippen LogP) is 3.39. The lowest BCUT2D eigenvalue weighted by Crippen LogP contribution is -2.43. The van der Waals surface area contributed by atoms with Gasteiger partial charge in [-0.3, -0.25) is 9.59 Å². The molecule has 0 radical (unpaired) electrons. The number of nitrogens with one attached hydrogen (secondary N) is 1. The van der Waals surface area contributed by atoms with Crippen LogP contribution in [0.2, 0.25) is 0 Å². The van der Waals surface area contributed by atoms with Crippen LogP contribution in [0.3, 0.4) is 0 Å². The molecule has 154 valence electrons. The Morgan fingerprint density at radius 2 is 2.00 bits per heavy atom. The van der Waals surface area contributed by atoms with Crippen molar-refractivity contribution in [1.29, 1.82) is 0 Å². The molecule has 2 aliphatic rings. The first-order valence-electron chi connectivity index (χ1n) is 10.7. The van der Waals surface area contributed by atoms with Crippen LogP contribution in [0.15, 0.2) is 43.0 Å². The minimum atomic E-state index is -0.0929. The molecule has 1 aliphatic heterocycles. The van der Waals surface area contributed by atoms with Gasteiger partial charge in [-0.25, -0.2) is 4.98 Å². The van der Waals surface area contributed by atoms with Crippen molar-refractivity contribution in [3.63, 3.8) is 0 Å². The van der Waals surface area contributed by atoms with E-state index in [1.54, 1.807) is 12.5 Å². The fraction of sp³-hybridized carbons (Fsp3) is 0.522. The molecule has 1 saturated carbocycles. The summed E-state index contributed by atoms with van der Waals surface area (Å²) in [6.45, 7) is 2.87. The zero-order valence-electron chi connectivity index (χ0n) is 17.0. The second-order valence-electron chi connectivity index (χ2n) is 8.56. The Balaban J connectivity index is 1.33. The van der Waals surface area contributed by atoms with E-state index >= 15 is 0 Å². The van der Waals surface area contributed by atoms with Gasteiger partial charge in [0.1, 0.15) is 0 Å². The quantitative estimate of drug-likeness (QED) is 0.698. The standard InChI is InChI=1S/C23H30N4O2/c28-21(25-11-6-13-26-14-12-24-18-26)15-23(9-4-1-5-10-23)17-27-16-19-7-2-3-8-20(19)22(27)29/h2-3,7-8,12,14,18H,1,4-6,9-11,13,15-17H2,(H,25,28). The highest BCUT2D eigenvalue weighted by atomic mass is 16.2. The molecule has 0 spiro atoms. The van der Waals surface area contributed by atoms with Gasteiger partial charge in [0.05, 0.1) is 6.33 Å². The summed E-state index contributed by atoms with van der Waals surface area (Å²) in [7, 11) is 0. The van der Waals surface area contributed by atoms with E-state index in [0.717, 1.165) is 49.8 Å². The number of hydrogen-bond donors (Lipinski definition) is 1. The predicted molar refractivity (Wildman–Crippen MR) is 111 cm³/mol. The van der Waals surface area contributed by atoms with E-state index < -0.39 is 0 Å². The Kier molecular flexibility index (Phi) is 5.97. The summed E-state index contributed by atoms with van der Waals surface area (Å²) in [6.07, 6.45) is 12.4. The van der Waals surface area contributed by atoms with Gasteiger partial charge >= 0.3 is 0 Å². The smallest absolute Gasteiger partial charge is 0.254 e. The van der Waals surface area contributed by atoms with Gasteiger partial charge < -0.3 is 14.8 Å². The van der Waals surface area contributed by atoms with Crippen LogP contribution in [0, 0.1) is 5.41 Å². The van der Waals surface area contributed by atoms with Gasteiger partial charge in [-0.1, -0.05) is 37.5 Å². The number of rotatable bonds is 8. The first kappa shape index (κ1) is 19.7. The molecule has 0 bridgehead atoms. The first-order valence-corrected chi connectivity index (χ1v) is 10.7. The Bertz CT molecular complexity index is 840. The largest absolute Gasteiger partial charge is 0.356 e. The molecule has 6 heteroatoms. The molecule has 1 aromatic heterocycles. The van der Waals surface area contributed by atoms with Gasteiger partial charge in [0, 0.05) is 50.6 Å². The Morgan fingerprint density at radius 3 is 2.76 bits per heavy atom. The van der Waals surface area contributed by atoms with E-state index in [1.165, 1.54) is 6.42 Å². The van der Waals surface area contributed by atoms with Gasteiger partial charge in [0.25, 0.3) is 5.91 Å². The maximum atomic E-state index is 12.8. The van der Waals surface area contributed by atoms with Crippen LogP contribution in [0.4, 0.5) is 0 Å². The van der Waals surface area contributed by atoms with Crippen molar-refractivity contribution in [3.8, 4) is 0 Å². The Morgan fingerprint density at radius 1 is 1.17 bits per heavy atom. The minimum absolute atomic E-state index is 0.0929. The van der Waals surface area contributed by atoms with E-state index in [0.29, 0.717) is 26.1 Å². The molecule has 2 aromatic rings. The molecular weight excluding hydrogens is 364 g/mol. The second-order valence-corrected chi connectivity index (χ2v) is 8.56. The van der Waals surface area contributed by atoms with E-state index in [1.807, 2.05) is 39.9 Å². The maximum absolute atomic E-state index is 12.8. The zero-order chi connectivity index (χ0) is 20.1. The van der Waals surface area contributed by atoms with E-state index in [2.05, 4.69) is 10.3 Å². The van der Waals surface area contributed by atoms with Crippen LogP contribution in [0.5, 0.6) is 0 Å². The minimum Gasteiger partial charge on any atom is -0.356 e. The van der Waals surface area contributed by atoms with Crippen molar-refractivity contribution >= 4 is 11.8 Å². The summed E-state index contributed by atoms with van der Waals surface area (Å²) in [6, 6.07) is 7.86. The van der Waals surface area contributed by atoms with Crippen LogP contribution in [-0.4, -0.2) is 39.4 Å². The fourth-order valence-corrected chi connectivity index (χ4v) is 4.85. The molecule has 1 fully saturated rings. The highest BCUT2D eigenvalue weighted by Gasteiger charge is 2.39. The van der Waals surface area contributed by atoms with Crippen LogP contribution >= 0.6 is 0 Å². The zero-order valence-corrected chi connectivity index (χ0v) is 17.0. The van der Waals surface area contributed by atoms with Crippen LogP contribution in [-0.2, 0) is 17.9 Å². The molecule has 0 atom stereocenters. The van der Waals surface area contributed by atoms with Crippen molar-refractivity contribution in [3.05, 3.63) is 54.1 Å². The summed E-state index contributed by atoms with van der Waals surface area (Å²) in [5.74, 6) is 0.230. The fourth-order valence-electron chi connectivity index (χ4n) is 4.85. The molecular formula is C23H30N4O2. The van der Waals surface area contributed by atoms with Gasteiger partial charge in [-0.2, -0.15) is 0 Å². The summed E-state index contributed by atoms with van der Waals surface area (Å²) >= 11 is 0. The van der Waals surface area contributed by atoms with E-state index in [-0.39, 0.29) is 17.2 Å². The first-order chi connectivity index (χ1) is 14.2. The van der Waals surface area contributed by atoms with Crippen molar-refractivity contribution < 1.29 is 9.59 Å². The second kappa shape index (κ2) is 8.80. The molecule has 29 heavy (non-hydrogen) atoms. The molecule has 2 heterocycles. The number of fused-ring (bicyclic) bond motifs is 1. The Labute approximate surface area is 172 Å². The number of aromatic nitrogens is 2. The molecule has 4 rings (SSSR count). The molecule has 2 amide bonds. The monoisotopic (exact) mass is 394 g/mol. The number of imidazole rings is 1. The third kappa shape index (κ3) is 4.69. The lowest BCUT2D eigenvalue weighted by molar-refractivity contribution is -0.124. The highest BCUT2D eigenvalue weighted by Crippen LogP contribution is 2.41. The normalized spacial score (nSPS) is 17.9. The lowest BCUT2D eigenvalue weighted by Gasteiger charge is -2.39. The summed E-state index contributed by atoms with van der Waals surface area (Å²) in [5.41, 5.74) is 1.83. The van der Waals surface area contributed by atoms with Crippen LogP contribution in [0.25, 0.3) is 0 Å². The summed E-state index contributed by atoms with van der Waals surface area (Å²) in [4.78, 5) is 31.6. The average Bonchev–Trinajstić information content (AvgIpc) is 3.35. The van der Waals surface area contributed by atoms with E-state index in [9.17, 15) is 9.59 Å². The van der Waals surface area contributed by atoms with Crippen LogP contribution < -0.4 is 5.32 Å². The third-order valence-electron chi connectivity index (χ3n) is 6.35. The molecule has 6 nitrogen and oxygen atoms in total. The molecule has 1 aromatic carbocycles. The molecule has 1 aliphatic carbocycles. The molecule has 0 saturated heterocycles. The summed E-state index contributed by atoms with van der Waals surface area (Å²) in [5, 5.41) is 3.09. The van der Waals surface area contributed by atoms with Crippen molar-refractivity contribution in [2.24, 2.45) is 5.41 Å². The van der Waals surface area contributed by atoms with Gasteiger partial charge in [-0.15, -0.1) is 0 Å². The van der Waals surface area contributed by atoms with Gasteiger partial charge in [0.15, 0.2) is 0 Å².